The van der Waals surface area contributed by atoms with Crippen molar-refractivity contribution >= 4 is 5.91 Å². The van der Waals surface area contributed by atoms with Crippen LogP contribution in [0.3, 0.4) is 0 Å². The van der Waals surface area contributed by atoms with Gasteiger partial charge in [0, 0.05) is 18.4 Å². The zero-order valence-electron chi connectivity index (χ0n) is 11.2. The van der Waals surface area contributed by atoms with E-state index in [1.165, 1.54) is 0 Å². The van der Waals surface area contributed by atoms with Crippen molar-refractivity contribution in [2.75, 3.05) is 6.54 Å². The maximum absolute atomic E-state index is 12.0. The molecule has 100 valence electrons. The lowest BCUT2D eigenvalue weighted by Crippen LogP contribution is -2.36. The van der Waals surface area contributed by atoms with Gasteiger partial charge in [-0.05, 0) is 25.7 Å². The van der Waals surface area contributed by atoms with Gasteiger partial charge in [0.25, 0.3) is 0 Å². The summed E-state index contributed by atoms with van der Waals surface area (Å²) in [7, 11) is 0. The van der Waals surface area contributed by atoms with Gasteiger partial charge in [0.2, 0.25) is 5.91 Å². The summed E-state index contributed by atoms with van der Waals surface area (Å²) in [4.78, 5) is 12.0. The summed E-state index contributed by atoms with van der Waals surface area (Å²) in [5.41, 5.74) is 0. The van der Waals surface area contributed by atoms with Crippen LogP contribution in [0.2, 0.25) is 0 Å². The van der Waals surface area contributed by atoms with Crippen molar-refractivity contribution in [3.05, 3.63) is 0 Å². The highest BCUT2D eigenvalue weighted by molar-refractivity contribution is 5.78. The third kappa shape index (κ3) is 4.66. The van der Waals surface area contributed by atoms with Gasteiger partial charge in [0.1, 0.15) is 0 Å². The van der Waals surface area contributed by atoms with E-state index in [1.54, 1.807) is 0 Å². The van der Waals surface area contributed by atoms with E-state index in [0.717, 1.165) is 44.9 Å². The van der Waals surface area contributed by atoms with E-state index in [0.29, 0.717) is 6.54 Å². The summed E-state index contributed by atoms with van der Waals surface area (Å²) in [5.74, 6) is 0.638. The summed E-state index contributed by atoms with van der Waals surface area (Å²) in [6.07, 6.45) is 6.91. The average Bonchev–Trinajstić information content (AvgIpc) is 2.71. The van der Waals surface area contributed by atoms with Gasteiger partial charge in [-0.3, -0.25) is 4.79 Å². The third-order valence-corrected chi connectivity index (χ3v) is 3.80. The maximum atomic E-state index is 12.0. The minimum atomic E-state index is -0.203. The molecule has 1 aliphatic carbocycles. The van der Waals surface area contributed by atoms with Crippen molar-refractivity contribution in [3.63, 3.8) is 0 Å². The number of amides is 1. The van der Waals surface area contributed by atoms with E-state index >= 15 is 0 Å². The van der Waals surface area contributed by atoms with E-state index in [-0.39, 0.29) is 23.8 Å². The minimum Gasteiger partial charge on any atom is -0.393 e. The standard InChI is InChI=1S/C14H27NO2/c1-3-6-11(7-4-2)14(17)15-10-12-8-5-9-13(12)16/h11-13,16H,3-10H2,1-2H3,(H,15,17). The highest BCUT2D eigenvalue weighted by Crippen LogP contribution is 2.25. The molecule has 17 heavy (non-hydrogen) atoms. The molecule has 2 N–H and O–H groups in total. The Labute approximate surface area is 105 Å². The smallest absolute Gasteiger partial charge is 0.223 e. The van der Waals surface area contributed by atoms with Crippen molar-refractivity contribution in [2.24, 2.45) is 11.8 Å². The van der Waals surface area contributed by atoms with E-state index in [4.69, 9.17) is 0 Å². The summed E-state index contributed by atoms with van der Waals surface area (Å²) in [6, 6.07) is 0. The van der Waals surface area contributed by atoms with Gasteiger partial charge in [0.05, 0.1) is 6.10 Å². The van der Waals surface area contributed by atoms with E-state index in [2.05, 4.69) is 19.2 Å². The Morgan fingerprint density at radius 1 is 1.29 bits per heavy atom. The highest BCUT2D eigenvalue weighted by Gasteiger charge is 2.26. The second-order valence-corrected chi connectivity index (χ2v) is 5.28. The van der Waals surface area contributed by atoms with Crippen LogP contribution in [0.1, 0.15) is 58.8 Å². The molecule has 3 heteroatoms. The summed E-state index contributed by atoms with van der Waals surface area (Å²) < 4.78 is 0. The SMILES string of the molecule is CCCC(CCC)C(=O)NCC1CCCC1O. The monoisotopic (exact) mass is 241 g/mol. The van der Waals surface area contributed by atoms with Crippen LogP contribution in [-0.4, -0.2) is 23.7 Å². The lowest BCUT2D eigenvalue weighted by molar-refractivity contribution is -0.125. The van der Waals surface area contributed by atoms with Crippen LogP contribution < -0.4 is 5.32 Å². The fourth-order valence-electron chi connectivity index (χ4n) is 2.73. The van der Waals surface area contributed by atoms with Crippen molar-refractivity contribution < 1.29 is 9.90 Å². The predicted octanol–water partition coefficient (Wildman–Crippen LogP) is 2.48. The first-order chi connectivity index (χ1) is 8.19. The zero-order valence-corrected chi connectivity index (χ0v) is 11.2. The number of aliphatic hydroxyl groups is 1. The summed E-state index contributed by atoms with van der Waals surface area (Å²) in [5, 5.41) is 12.7. The van der Waals surface area contributed by atoms with Crippen LogP contribution in [0, 0.1) is 11.8 Å². The van der Waals surface area contributed by atoms with Gasteiger partial charge in [-0.25, -0.2) is 0 Å². The number of nitrogens with one attached hydrogen (secondary N) is 1. The first-order valence-corrected chi connectivity index (χ1v) is 7.14. The molecular weight excluding hydrogens is 214 g/mol. The van der Waals surface area contributed by atoms with Crippen LogP contribution in [0.5, 0.6) is 0 Å². The topological polar surface area (TPSA) is 49.3 Å². The Morgan fingerprint density at radius 3 is 2.41 bits per heavy atom. The molecule has 0 saturated heterocycles. The van der Waals surface area contributed by atoms with Gasteiger partial charge >= 0.3 is 0 Å². The molecule has 0 aliphatic heterocycles. The molecule has 1 fully saturated rings. The zero-order chi connectivity index (χ0) is 12.7. The van der Waals surface area contributed by atoms with Crippen LogP contribution in [-0.2, 0) is 4.79 Å². The van der Waals surface area contributed by atoms with E-state index in [1.807, 2.05) is 0 Å². The summed E-state index contributed by atoms with van der Waals surface area (Å²) in [6.45, 7) is 4.90. The van der Waals surface area contributed by atoms with Crippen LogP contribution in [0.25, 0.3) is 0 Å². The largest absolute Gasteiger partial charge is 0.393 e. The van der Waals surface area contributed by atoms with Crippen LogP contribution >= 0.6 is 0 Å². The van der Waals surface area contributed by atoms with Crippen molar-refractivity contribution in [2.45, 2.75) is 64.9 Å². The normalized spacial score (nSPS) is 24.2. The molecule has 1 rings (SSSR count). The quantitative estimate of drug-likeness (QED) is 0.719. The third-order valence-electron chi connectivity index (χ3n) is 3.80. The van der Waals surface area contributed by atoms with Gasteiger partial charge in [-0.15, -0.1) is 0 Å². The molecule has 1 saturated carbocycles. The lowest BCUT2D eigenvalue weighted by atomic mass is 9.97. The van der Waals surface area contributed by atoms with Crippen LogP contribution in [0.15, 0.2) is 0 Å². The molecular formula is C14H27NO2. The molecule has 0 bridgehead atoms. The molecule has 0 spiro atoms. The molecule has 1 aliphatic rings. The molecule has 0 heterocycles. The number of rotatable bonds is 7. The molecule has 3 nitrogen and oxygen atoms in total. The Hall–Kier alpha value is -0.570. The van der Waals surface area contributed by atoms with Crippen molar-refractivity contribution in [1.29, 1.82) is 0 Å². The molecule has 2 atom stereocenters. The Bertz CT molecular complexity index is 224. The molecule has 0 aromatic heterocycles. The Kier molecular flexibility index (Phi) is 6.56. The molecule has 1 amide bonds. The number of hydrogen-bond donors (Lipinski definition) is 2. The van der Waals surface area contributed by atoms with Gasteiger partial charge < -0.3 is 10.4 Å². The lowest BCUT2D eigenvalue weighted by Gasteiger charge is -2.19. The maximum Gasteiger partial charge on any atom is 0.223 e. The van der Waals surface area contributed by atoms with Crippen LogP contribution in [0.4, 0.5) is 0 Å². The van der Waals surface area contributed by atoms with Gasteiger partial charge in [-0.1, -0.05) is 33.1 Å². The molecule has 0 aromatic carbocycles. The van der Waals surface area contributed by atoms with Gasteiger partial charge in [0.15, 0.2) is 0 Å². The minimum absolute atomic E-state index is 0.170. The van der Waals surface area contributed by atoms with E-state index in [9.17, 15) is 9.90 Å². The molecule has 0 aromatic rings. The van der Waals surface area contributed by atoms with Gasteiger partial charge in [-0.2, -0.15) is 0 Å². The number of aliphatic hydroxyl groups excluding tert-OH is 1. The second-order valence-electron chi connectivity index (χ2n) is 5.28. The number of carbonyl (C=O) groups excluding carboxylic acids is 1. The molecule has 2 unspecified atom stereocenters. The number of hydrogen-bond acceptors (Lipinski definition) is 2. The molecule has 0 radical (unpaired) electrons. The van der Waals surface area contributed by atoms with Crippen molar-refractivity contribution in [3.8, 4) is 0 Å². The first kappa shape index (κ1) is 14.5. The first-order valence-electron chi connectivity index (χ1n) is 7.14. The fourth-order valence-corrected chi connectivity index (χ4v) is 2.73. The highest BCUT2D eigenvalue weighted by atomic mass is 16.3. The average molecular weight is 241 g/mol. The Balaban J connectivity index is 2.30. The predicted molar refractivity (Wildman–Crippen MR) is 69.7 cm³/mol. The fraction of sp³-hybridized carbons (Fsp3) is 0.929. The van der Waals surface area contributed by atoms with Crippen molar-refractivity contribution in [1.82, 2.24) is 5.32 Å². The summed E-state index contributed by atoms with van der Waals surface area (Å²) >= 11 is 0. The Morgan fingerprint density at radius 2 is 1.94 bits per heavy atom. The second kappa shape index (κ2) is 7.70. The van der Waals surface area contributed by atoms with E-state index < -0.39 is 0 Å². The number of carbonyl (C=O) groups is 1.